The minimum absolute atomic E-state index is 0.118. The predicted octanol–water partition coefficient (Wildman–Crippen LogP) is 6.00. The summed E-state index contributed by atoms with van der Waals surface area (Å²) >= 11 is 0. The Morgan fingerprint density at radius 2 is 1.82 bits per heavy atom. The molecule has 3 aromatic rings. The van der Waals surface area contributed by atoms with Gasteiger partial charge in [-0.05, 0) is 56.9 Å². The number of carbonyl (C=O) groups is 1. The molecule has 0 aliphatic heterocycles. The average Bonchev–Trinajstić information content (AvgIpc) is 3.11. The summed E-state index contributed by atoms with van der Waals surface area (Å²) in [5, 5.41) is 3.04. The van der Waals surface area contributed by atoms with Crippen molar-refractivity contribution < 1.29 is 9.53 Å². The van der Waals surface area contributed by atoms with E-state index in [0.29, 0.717) is 6.61 Å². The Morgan fingerprint density at radius 1 is 1.03 bits per heavy atom. The van der Waals surface area contributed by atoms with Gasteiger partial charge in [0.05, 0.1) is 17.6 Å². The molecule has 0 unspecified atom stereocenters. The molecule has 0 bridgehead atoms. The monoisotopic (exact) mass is 449 g/mol. The number of hydrogen-bond donors (Lipinski definition) is 1. The molecule has 2 aromatic carbocycles. The lowest BCUT2D eigenvalue weighted by Crippen LogP contribution is -2.35. The van der Waals surface area contributed by atoms with Crippen molar-refractivity contribution in [2.24, 2.45) is 5.41 Å². The molecule has 0 atom stereocenters. The molecule has 5 heteroatoms. The molecule has 0 saturated heterocycles. The average molecular weight is 450 g/mol. The molecule has 0 spiro atoms. The summed E-state index contributed by atoms with van der Waals surface area (Å²) in [6, 6.07) is 14.7. The van der Waals surface area contributed by atoms with Crippen LogP contribution in [0.1, 0.15) is 63.4 Å². The zero-order valence-electron chi connectivity index (χ0n) is 20.9. The van der Waals surface area contributed by atoms with Crippen molar-refractivity contribution in [2.45, 2.75) is 73.3 Å². The van der Waals surface area contributed by atoms with Gasteiger partial charge in [-0.15, -0.1) is 0 Å². The van der Waals surface area contributed by atoms with Crippen molar-refractivity contribution in [1.29, 1.82) is 0 Å². The molecule has 0 saturated carbocycles. The maximum atomic E-state index is 12.0. The van der Waals surface area contributed by atoms with Gasteiger partial charge in [0.1, 0.15) is 11.6 Å². The largest absolute Gasteiger partial charge is 0.493 e. The van der Waals surface area contributed by atoms with Crippen molar-refractivity contribution in [3.8, 4) is 5.75 Å². The highest BCUT2D eigenvalue weighted by Gasteiger charge is 2.20. The topological polar surface area (TPSA) is 56.1 Å². The number of rotatable bonds is 11. The third-order valence-electron chi connectivity index (χ3n) is 5.89. The number of imidazole rings is 1. The van der Waals surface area contributed by atoms with Gasteiger partial charge >= 0.3 is 0 Å². The first-order valence-corrected chi connectivity index (χ1v) is 12.2. The number of benzene rings is 2. The van der Waals surface area contributed by atoms with E-state index in [2.05, 4.69) is 60.1 Å². The van der Waals surface area contributed by atoms with E-state index in [1.54, 1.807) is 0 Å². The van der Waals surface area contributed by atoms with Crippen LogP contribution in [-0.2, 0) is 17.8 Å². The van der Waals surface area contributed by atoms with Crippen LogP contribution in [0.25, 0.3) is 11.0 Å². The maximum Gasteiger partial charge on any atom is 0.225 e. The molecule has 1 heterocycles. The zero-order valence-corrected chi connectivity index (χ0v) is 20.9. The first-order valence-electron chi connectivity index (χ1n) is 12.2. The SMILES string of the molecule is Cc1ccc(OCCCn2c(CCCCCNC(=O)C(C)(C)C)nc3ccccc32)c(C)c1. The number of aromatic nitrogens is 2. The number of nitrogens with zero attached hydrogens (tertiary/aromatic N) is 2. The molecular weight excluding hydrogens is 410 g/mol. The van der Waals surface area contributed by atoms with Crippen molar-refractivity contribution in [1.82, 2.24) is 14.9 Å². The number of ether oxygens (including phenoxy) is 1. The van der Waals surface area contributed by atoms with Crippen molar-refractivity contribution in [3.05, 3.63) is 59.4 Å². The zero-order chi connectivity index (χ0) is 23.8. The van der Waals surface area contributed by atoms with E-state index in [0.717, 1.165) is 62.3 Å². The number of unbranched alkanes of at least 4 members (excludes halogenated alkanes) is 2. The molecule has 0 radical (unpaired) electrons. The molecule has 1 amide bonds. The Morgan fingerprint density at radius 3 is 2.58 bits per heavy atom. The second-order valence-corrected chi connectivity index (χ2v) is 9.96. The lowest BCUT2D eigenvalue weighted by Gasteiger charge is -2.17. The third kappa shape index (κ3) is 7.08. The van der Waals surface area contributed by atoms with E-state index in [9.17, 15) is 4.79 Å². The summed E-state index contributed by atoms with van der Waals surface area (Å²) in [5.41, 5.74) is 4.36. The molecule has 0 fully saturated rings. The first-order chi connectivity index (χ1) is 15.8. The number of fused-ring (bicyclic) bond motifs is 1. The van der Waals surface area contributed by atoms with Crippen molar-refractivity contribution >= 4 is 16.9 Å². The van der Waals surface area contributed by atoms with Gasteiger partial charge in [-0.2, -0.15) is 0 Å². The van der Waals surface area contributed by atoms with Crippen LogP contribution in [0.4, 0.5) is 0 Å². The Kier molecular flexibility index (Phi) is 8.54. The highest BCUT2D eigenvalue weighted by atomic mass is 16.5. The minimum Gasteiger partial charge on any atom is -0.493 e. The first kappa shape index (κ1) is 24.8. The molecular formula is C28H39N3O2. The van der Waals surface area contributed by atoms with Crippen LogP contribution in [0.5, 0.6) is 5.75 Å². The second kappa shape index (κ2) is 11.4. The van der Waals surface area contributed by atoms with Gasteiger partial charge in [-0.1, -0.05) is 57.0 Å². The van der Waals surface area contributed by atoms with Crippen LogP contribution in [0.3, 0.4) is 0 Å². The van der Waals surface area contributed by atoms with Gasteiger partial charge in [-0.3, -0.25) is 4.79 Å². The molecule has 5 nitrogen and oxygen atoms in total. The number of para-hydroxylation sites is 2. The molecule has 1 aromatic heterocycles. The number of aryl methyl sites for hydroxylation is 4. The third-order valence-corrected chi connectivity index (χ3v) is 5.89. The number of carbonyl (C=O) groups excluding carboxylic acids is 1. The standard InChI is InChI=1S/C28H39N3O2/c1-21-15-16-25(22(2)20-21)33-19-11-18-31-24-13-9-8-12-23(24)30-26(31)14-7-6-10-17-29-27(32)28(3,4)5/h8-9,12-13,15-16,20H,6-7,10-11,14,17-19H2,1-5H3,(H,29,32). The van der Waals surface area contributed by atoms with Gasteiger partial charge in [0.25, 0.3) is 0 Å². The van der Waals surface area contributed by atoms with Crippen LogP contribution in [-0.4, -0.2) is 28.6 Å². The summed E-state index contributed by atoms with van der Waals surface area (Å²) in [4.78, 5) is 16.9. The smallest absolute Gasteiger partial charge is 0.225 e. The van der Waals surface area contributed by atoms with Crippen LogP contribution in [0.2, 0.25) is 0 Å². The van der Waals surface area contributed by atoms with Crippen molar-refractivity contribution in [2.75, 3.05) is 13.2 Å². The molecule has 1 N–H and O–H groups in total. The van der Waals surface area contributed by atoms with Crippen LogP contribution in [0, 0.1) is 19.3 Å². The Bertz CT molecular complexity index is 1060. The molecule has 0 aliphatic rings. The quantitative estimate of drug-likeness (QED) is 0.365. The maximum absolute atomic E-state index is 12.0. The van der Waals surface area contributed by atoms with Gasteiger partial charge < -0.3 is 14.6 Å². The summed E-state index contributed by atoms with van der Waals surface area (Å²) < 4.78 is 8.39. The van der Waals surface area contributed by atoms with E-state index in [-0.39, 0.29) is 11.3 Å². The molecule has 3 rings (SSSR count). The Balaban J connectivity index is 1.51. The summed E-state index contributed by atoms with van der Waals surface area (Å²) in [6.45, 7) is 12.3. The second-order valence-electron chi connectivity index (χ2n) is 9.96. The van der Waals surface area contributed by atoms with Gasteiger partial charge in [0, 0.05) is 24.9 Å². The highest BCUT2D eigenvalue weighted by molar-refractivity contribution is 5.81. The fraction of sp³-hybridized carbons (Fsp3) is 0.500. The van der Waals surface area contributed by atoms with Crippen LogP contribution < -0.4 is 10.1 Å². The Hall–Kier alpha value is -2.82. The number of nitrogens with one attached hydrogen (secondary N) is 1. The van der Waals surface area contributed by atoms with E-state index in [4.69, 9.17) is 9.72 Å². The molecule has 0 aliphatic carbocycles. The van der Waals surface area contributed by atoms with Crippen LogP contribution >= 0.6 is 0 Å². The molecule has 178 valence electrons. The van der Waals surface area contributed by atoms with Crippen LogP contribution in [0.15, 0.2) is 42.5 Å². The van der Waals surface area contributed by atoms with Gasteiger partial charge in [-0.25, -0.2) is 4.98 Å². The van der Waals surface area contributed by atoms with Crippen molar-refractivity contribution in [3.63, 3.8) is 0 Å². The molecule has 33 heavy (non-hydrogen) atoms. The van der Waals surface area contributed by atoms with E-state index >= 15 is 0 Å². The normalized spacial score (nSPS) is 11.7. The lowest BCUT2D eigenvalue weighted by molar-refractivity contribution is -0.128. The Labute approximate surface area is 198 Å². The van der Waals surface area contributed by atoms with E-state index in [1.807, 2.05) is 26.8 Å². The summed E-state index contributed by atoms with van der Waals surface area (Å²) in [6.07, 6.45) is 5.00. The van der Waals surface area contributed by atoms with Gasteiger partial charge in [0.2, 0.25) is 5.91 Å². The number of hydrogen-bond acceptors (Lipinski definition) is 3. The summed E-state index contributed by atoms with van der Waals surface area (Å²) in [5.74, 6) is 2.23. The van der Waals surface area contributed by atoms with E-state index < -0.39 is 0 Å². The fourth-order valence-corrected chi connectivity index (χ4v) is 3.98. The number of amides is 1. The highest BCUT2D eigenvalue weighted by Crippen LogP contribution is 2.21. The predicted molar refractivity (Wildman–Crippen MR) is 136 cm³/mol. The fourth-order valence-electron chi connectivity index (χ4n) is 3.98. The van der Waals surface area contributed by atoms with E-state index in [1.165, 1.54) is 16.6 Å². The van der Waals surface area contributed by atoms with Gasteiger partial charge in [0.15, 0.2) is 0 Å². The summed E-state index contributed by atoms with van der Waals surface area (Å²) in [7, 11) is 0. The lowest BCUT2D eigenvalue weighted by atomic mass is 9.96. The minimum atomic E-state index is -0.327.